The molecule has 2 aromatic carbocycles. The molecule has 0 fully saturated rings. The second-order valence-corrected chi connectivity index (χ2v) is 5.80. The van der Waals surface area contributed by atoms with Crippen molar-refractivity contribution in [3.05, 3.63) is 71.6 Å². The largest absolute Gasteiger partial charge is 0.484 e. The molecular formula is C19H14ClNO5. The van der Waals surface area contributed by atoms with Gasteiger partial charge < -0.3 is 19.6 Å². The summed E-state index contributed by atoms with van der Waals surface area (Å²) < 4.78 is 10.5. The molecule has 0 aliphatic rings. The molecule has 6 nitrogen and oxygen atoms in total. The first kappa shape index (κ1) is 17.6. The second kappa shape index (κ2) is 7.76. The zero-order valence-corrected chi connectivity index (χ0v) is 14.2. The van der Waals surface area contributed by atoms with Crippen molar-refractivity contribution in [2.45, 2.75) is 0 Å². The SMILES string of the molecule is O=C(COc1ccc(-c2ccoc2)cc1)Nc1ccc(Cl)cc1C(=O)O. The molecule has 3 rings (SSSR count). The maximum atomic E-state index is 12.0. The highest BCUT2D eigenvalue weighted by Gasteiger charge is 2.13. The number of furan rings is 1. The summed E-state index contributed by atoms with van der Waals surface area (Å²) in [4.78, 5) is 23.2. The number of nitrogens with one attached hydrogen (secondary N) is 1. The van der Waals surface area contributed by atoms with Crippen LogP contribution in [0.25, 0.3) is 11.1 Å². The van der Waals surface area contributed by atoms with Gasteiger partial charge in [0.2, 0.25) is 0 Å². The number of carbonyl (C=O) groups excluding carboxylic acids is 1. The highest BCUT2D eigenvalue weighted by atomic mass is 35.5. The van der Waals surface area contributed by atoms with E-state index in [1.54, 1.807) is 24.7 Å². The van der Waals surface area contributed by atoms with Crippen molar-refractivity contribution in [3.8, 4) is 16.9 Å². The van der Waals surface area contributed by atoms with E-state index in [9.17, 15) is 9.59 Å². The summed E-state index contributed by atoms with van der Waals surface area (Å²) in [6.45, 7) is -0.257. The highest BCUT2D eigenvalue weighted by molar-refractivity contribution is 6.31. The zero-order valence-electron chi connectivity index (χ0n) is 13.4. The van der Waals surface area contributed by atoms with Crippen molar-refractivity contribution in [2.75, 3.05) is 11.9 Å². The Labute approximate surface area is 154 Å². The molecule has 1 heterocycles. The molecule has 0 aliphatic heterocycles. The van der Waals surface area contributed by atoms with Gasteiger partial charge in [0.15, 0.2) is 6.61 Å². The monoisotopic (exact) mass is 371 g/mol. The van der Waals surface area contributed by atoms with E-state index in [0.717, 1.165) is 11.1 Å². The van der Waals surface area contributed by atoms with Crippen LogP contribution in [-0.2, 0) is 4.79 Å². The van der Waals surface area contributed by atoms with Gasteiger partial charge in [0.25, 0.3) is 5.91 Å². The number of amides is 1. The summed E-state index contributed by atoms with van der Waals surface area (Å²) in [6.07, 6.45) is 3.22. The number of carboxylic acid groups (broad SMARTS) is 1. The highest BCUT2D eigenvalue weighted by Crippen LogP contribution is 2.23. The molecule has 0 unspecified atom stereocenters. The third kappa shape index (κ3) is 4.23. The first-order valence-electron chi connectivity index (χ1n) is 7.61. The fourth-order valence-electron chi connectivity index (χ4n) is 2.31. The lowest BCUT2D eigenvalue weighted by Gasteiger charge is -2.10. The summed E-state index contributed by atoms with van der Waals surface area (Å²) in [6, 6.07) is 13.2. The first-order chi connectivity index (χ1) is 12.5. The number of halogens is 1. The Bertz CT molecular complexity index is 920. The van der Waals surface area contributed by atoms with E-state index in [1.165, 1.54) is 18.2 Å². The number of anilines is 1. The number of aromatic carboxylic acids is 1. The van der Waals surface area contributed by atoms with E-state index >= 15 is 0 Å². The van der Waals surface area contributed by atoms with Crippen molar-refractivity contribution in [2.24, 2.45) is 0 Å². The lowest BCUT2D eigenvalue weighted by molar-refractivity contribution is -0.118. The summed E-state index contributed by atoms with van der Waals surface area (Å²) in [5.41, 5.74) is 1.97. The third-order valence-electron chi connectivity index (χ3n) is 3.56. The minimum atomic E-state index is -1.18. The van der Waals surface area contributed by atoms with Crippen LogP contribution in [0.4, 0.5) is 5.69 Å². The minimum Gasteiger partial charge on any atom is -0.484 e. The molecular weight excluding hydrogens is 358 g/mol. The number of carbonyl (C=O) groups is 2. The molecule has 1 amide bonds. The quantitative estimate of drug-likeness (QED) is 0.673. The number of hydrogen-bond acceptors (Lipinski definition) is 4. The van der Waals surface area contributed by atoms with Crippen LogP contribution in [0.1, 0.15) is 10.4 Å². The van der Waals surface area contributed by atoms with Crippen molar-refractivity contribution < 1.29 is 23.8 Å². The Morgan fingerprint density at radius 3 is 2.50 bits per heavy atom. The number of hydrogen-bond donors (Lipinski definition) is 2. The van der Waals surface area contributed by atoms with Gasteiger partial charge in [0.05, 0.1) is 23.8 Å². The van der Waals surface area contributed by atoms with Gasteiger partial charge in [-0.3, -0.25) is 4.79 Å². The molecule has 2 N–H and O–H groups in total. The summed E-state index contributed by atoms with van der Waals surface area (Å²) >= 11 is 5.78. The maximum Gasteiger partial charge on any atom is 0.337 e. The Hall–Kier alpha value is -3.25. The van der Waals surface area contributed by atoms with Gasteiger partial charge in [0, 0.05) is 10.6 Å². The molecule has 0 aliphatic carbocycles. The fraction of sp³-hybridized carbons (Fsp3) is 0.0526. The van der Waals surface area contributed by atoms with E-state index in [0.29, 0.717) is 5.75 Å². The van der Waals surface area contributed by atoms with E-state index in [1.807, 2.05) is 18.2 Å². The van der Waals surface area contributed by atoms with Crippen LogP contribution in [0.5, 0.6) is 5.75 Å². The summed E-state index contributed by atoms with van der Waals surface area (Å²) in [5.74, 6) is -1.14. The van der Waals surface area contributed by atoms with Crippen LogP contribution >= 0.6 is 11.6 Å². The predicted octanol–water partition coefficient (Wildman–Crippen LogP) is 4.32. The average molecular weight is 372 g/mol. The standard InChI is InChI=1S/C19H14ClNO5/c20-14-3-6-17(16(9-14)19(23)24)21-18(22)11-26-15-4-1-12(2-5-15)13-7-8-25-10-13/h1-10H,11H2,(H,21,22)(H,23,24). The lowest BCUT2D eigenvalue weighted by atomic mass is 10.1. The lowest BCUT2D eigenvalue weighted by Crippen LogP contribution is -2.21. The van der Waals surface area contributed by atoms with Gasteiger partial charge in [-0.2, -0.15) is 0 Å². The first-order valence-corrected chi connectivity index (χ1v) is 7.99. The van der Waals surface area contributed by atoms with Gasteiger partial charge in [-0.15, -0.1) is 0 Å². The average Bonchev–Trinajstić information content (AvgIpc) is 3.16. The van der Waals surface area contributed by atoms with Crippen molar-refractivity contribution in [1.29, 1.82) is 0 Å². The number of benzene rings is 2. The topological polar surface area (TPSA) is 88.8 Å². The van der Waals surface area contributed by atoms with E-state index in [-0.39, 0.29) is 22.9 Å². The van der Waals surface area contributed by atoms with E-state index in [4.69, 9.17) is 25.9 Å². The van der Waals surface area contributed by atoms with E-state index in [2.05, 4.69) is 5.32 Å². The molecule has 26 heavy (non-hydrogen) atoms. The van der Waals surface area contributed by atoms with Crippen LogP contribution in [0.15, 0.2) is 65.5 Å². The molecule has 0 spiro atoms. The van der Waals surface area contributed by atoms with Gasteiger partial charge in [0.1, 0.15) is 5.75 Å². The molecule has 0 bridgehead atoms. The maximum absolute atomic E-state index is 12.0. The third-order valence-corrected chi connectivity index (χ3v) is 3.80. The molecule has 0 atom stereocenters. The van der Waals surface area contributed by atoms with Gasteiger partial charge >= 0.3 is 5.97 Å². The molecule has 3 aromatic rings. The molecule has 7 heteroatoms. The Morgan fingerprint density at radius 1 is 1.08 bits per heavy atom. The molecule has 132 valence electrons. The van der Waals surface area contributed by atoms with E-state index < -0.39 is 11.9 Å². The Kier molecular flexibility index (Phi) is 5.24. The molecule has 0 saturated heterocycles. The minimum absolute atomic E-state index is 0.0877. The molecule has 0 radical (unpaired) electrons. The Morgan fingerprint density at radius 2 is 1.85 bits per heavy atom. The van der Waals surface area contributed by atoms with Crippen molar-refractivity contribution in [3.63, 3.8) is 0 Å². The molecule has 0 saturated carbocycles. The fourth-order valence-corrected chi connectivity index (χ4v) is 2.48. The van der Waals surface area contributed by atoms with Crippen LogP contribution < -0.4 is 10.1 Å². The number of ether oxygens (including phenoxy) is 1. The summed E-state index contributed by atoms with van der Waals surface area (Å²) in [7, 11) is 0. The normalized spacial score (nSPS) is 10.3. The van der Waals surface area contributed by atoms with Crippen molar-refractivity contribution in [1.82, 2.24) is 0 Å². The van der Waals surface area contributed by atoms with Crippen molar-refractivity contribution >= 4 is 29.2 Å². The summed E-state index contributed by atoms with van der Waals surface area (Å²) in [5, 5.41) is 11.9. The second-order valence-electron chi connectivity index (χ2n) is 5.37. The number of rotatable bonds is 6. The van der Waals surface area contributed by atoms with Crippen LogP contribution in [0.3, 0.4) is 0 Å². The zero-order chi connectivity index (χ0) is 18.5. The molecule has 1 aromatic heterocycles. The van der Waals surface area contributed by atoms with Crippen LogP contribution in [0.2, 0.25) is 5.02 Å². The van der Waals surface area contributed by atoms with Gasteiger partial charge in [-0.1, -0.05) is 23.7 Å². The predicted molar refractivity (Wildman–Crippen MR) is 96.7 cm³/mol. The smallest absolute Gasteiger partial charge is 0.337 e. The van der Waals surface area contributed by atoms with Crippen LogP contribution in [0, 0.1) is 0 Å². The van der Waals surface area contributed by atoms with Gasteiger partial charge in [-0.25, -0.2) is 4.79 Å². The van der Waals surface area contributed by atoms with Gasteiger partial charge in [-0.05, 0) is 42.0 Å². The Balaban J connectivity index is 1.60. The van der Waals surface area contributed by atoms with Crippen LogP contribution in [-0.4, -0.2) is 23.6 Å². The number of carboxylic acids is 1.